The summed E-state index contributed by atoms with van der Waals surface area (Å²) in [6, 6.07) is 0.482. The molecule has 3 rings (SSSR count). The zero-order valence-corrected chi connectivity index (χ0v) is 17.6. The first kappa shape index (κ1) is 21.1. The standard InChI is InChI=1S/C18H18ClF2N5O2S/c1-6-5-10(15(20)21)23-18-11(6)13(14(29-18)16(22)27)24-17(28)9(4)26-8(3)12(19)7(2)25-26/h5,9,15H,1-4H3,(H2,22,27)(H,24,28)/t9-/m0/s1. The van der Waals surface area contributed by atoms with Crippen LogP contribution in [0.1, 0.15) is 51.7 Å². The number of halogens is 3. The number of primary amides is 1. The van der Waals surface area contributed by atoms with Crippen molar-refractivity contribution >= 4 is 50.7 Å². The molecule has 0 saturated heterocycles. The van der Waals surface area contributed by atoms with Crippen LogP contribution in [0, 0.1) is 20.8 Å². The van der Waals surface area contributed by atoms with Crippen LogP contribution >= 0.6 is 22.9 Å². The molecule has 2 amide bonds. The molecule has 0 aliphatic carbocycles. The number of alkyl halides is 2. The molecule has 154 valence electrons. The minimum absolute atomic E-state index is 0.0361. The van der Waals surface area contributed by atoms with Gasteiger partial charge in [0.1, 0.15) is 21.4 Å². The Morgan fingerprint density at radius 2 is 1.97 bits per heavy atom. The third-order valence-electron chi connectivity index (χ3n) is 4.56. The summed E-state index contributed by atoms with van der Waals surface area (Å²) in [5, 5.41) is 7.83. The van der Waals surface area contributed by atoms with Crippen LogP contribution in [0.5, 0.6) is 0 Å². The van der Waals surface area contributed by atoms with E-state index in [1.54, 1.807) is 27.7 Å². The van der Waals surface area contributed by atoms with E-state index in [0.29, 0.717) is 27.4 Å². The maximum absolute atomic E-state index is 13.1. The Morgan fingerprint density at radius 1 is 1.31 bits per heavy atom. The van der Waals surface area contributed by atoms with Gasteiger partial charge in [0.2, 0.25) is 5.91 Å². The third-order valence-corrected chi connectivity index (χ3v) is 6.20. The van der Waals surface area contributed by atoms with E-state index in [-0.39, 0.29) is 15.4 Å². The lowest BCUT2D eigenvalue weighted by Gasteiger charge is -2.15. The summed E-state index contributed by atoms with van der Waals surface area (Å²) in [6.07, 6.45) is -2.76. The van der Waals surface area contributed by atoms with Gasteiger partial charge in [0.25, 0.3) is 12.3 Å². The van der Waals surface area contributed by atoms with E-state index < -0.39 is 30.0 Å². The topological polar surface area (TPSA) is 103 Å². The van der Waals surface area contributed by atoms with Crippen molar-refractivity contribution < 1.29 is 18.4 Å². The Morgan fingerprint density at radius 3 is 2.48 bits per heavy atom. The summed E-state index contributed by atoms with van der Waals surface area (Å²) in [5.74, 6) is -1.25. The second-order valence-corrected chi connectivity index (χ2v) is 7.99. The van der Waals surface area contributed by atoms with Gasteiger partial charge in [-0.3, -0.25) is 14.3 Å². The Kier molecular flexibility index (Phi) is 5.59. The number of hydrogen-bond donors (Lipinski definition) is 2. The van der Waals surface area contributed by atoms with Crippen LogP contribution in [0.25, 0.3) is 10.2 Å². The lowest BCUT2D eigenvalue weighted by atomic mass is 10.1. The fourth-order valence-corrected chi connectivity index (χ4v) is 4.26. The highest BCUT2D eigenvalue weighted by atomic mass is 35.5. The highest BCUT2D eigenvalue weighted by Crippen LogP contribution is 2.38. The first-order chi connectivity index (χ1) is 13.5. The summed E-state index contributed by atoms with van der Waals surface area (Å²) in [7, 11) is 0. The van der Waals surface area contributed by atoms with Crippen LogP contribution in [0.15, 0.2) is 6.07 Å². The molecule has 0 fully saturated rings. The number of aromatic nitrogens is 3. The lowest BCUT2D eigenvalue weighted by molar-refractivity contribution is -0.119. The second kappa shape index (κ2) is 7.68. The number of hydrogen-bond acceptors (Lipinski definition) is 5. The number of carbonyl (C=O) groups excluding carboxylic acids is 2. The van der Waals surface area contributed by atoms with Crippen molar-refractivity contribution in [1.29, 1.82) is 0 Å². The predicted molar refractivity (Wildman–Crippen MR) is 108 cm³/mol. The van der Waals surface area contributed by atoms with E-state index in [9.17, 15) is 18.4 Å². The number of thiophene rings is 1. The molecule has 3 aromatic heterocycles. The largest absolute Gasteiger partial charge is 0.365 e. The summed E-state index contributed by atoms with van der Waals surface area (Å²) >= 11 is 7.01. The lowest BCUT2D eigenvalue weighted by Crippen LogP contribution is -2.26. The molecule has 0 radical (unpaired) electrons. The Hall–Kier alpha value is -2.59. The molecule has 3 N–H and O–H groups in total. The first-order valence-corrected chi connectivity index (χ1v) is 9.76. The van der Waals surface area contributed by atoms with E-state index in [0.717, 1.165) is 11.3 Å². The number of aryl methyl sites for hydroxylation is 2. The molecule has 0 aliphatic rings. The third kappa shape index (κ3) is 3.69. The zero-order chi connectivity index (χ0) is 21.6. The van der Waals surface area contributed by atoms with Crippen molar-refractivity contribution in [3.05, 3.63) is 38.6 Å². The minimum Gasteiger partial charge on any atom is -0.365 e. The number of rotatable bonds is 5. The van der Waals surface area contributed by atoms with Crippen LogP contribution in [0.2, 0.25) is 5.02 Å². The van der Waals surface area contributed by atoms with Gasteiger partial charge in [-0.1, -0.05) is 11.6 Å². The normalized spacial score (nSPS) is 12.6. The van der Waals surface area contributed by atoms with Gasteiger partial charge in [-0.2, -0.15) is 5.10 Å². The van der Waals surface area contributed by atoms with Gasteiger partial charge in [-0.05, 0) is 39.3 Å². The molecule has 0 aromatic carbocycles. The molecule has 1 atom stereocenters. The number of pyridine rings is 1. The van der Waals surface area contributed by atoms with Crippen molar-refractivity contribution in [3.63, 3.8) is 0 Å². The van der Waals surface area contributed by atoms with Crippen molar-refractivity contribution in [2.45, 2.75) is 40.2 Å². The van der Waals surface area contributed by atoms with E-state index in [2.05, 4.69) is 15.4 Å². The van der Waals surface area contributed by atoms with Crippen molar-refractivity contribution in [2.75, 3.05) is 5.32 Å². The SMILES string of the molecule is Cc1nn([C@@H](C)C(=O)Nc2c(C(N)=O)sc3nc(C(F)F)cc(C)c23)c(C)c1Cl. The maximum Gasteiger partial charge on any atom is 0.280 e. The number of anilines is 1. The van der Waals surface area contributed by atoms with Gasteiger partial charge in [-0.25, -0.2) is 13.8 Å². The van der Waals surface area contributed by atoms with E-state index in [1.165, 1.54) is 10.7 Å². The van der Waals surface area contributed by atoms with Crippen molar-refractivity contribution in [1.82, 2.24) is 14.8 Å². The number of carbonyl (C=O) groups is 2. The van der Waals surface area contributed by atoms with E-state index in [4.69, 9.17) is 17.3 Å². The zero-order valence-electron chi connectivity index (χ0n) is 16.0. The summed E-state index contributed by atoms with van der Waals surface area (Å²) < 4.78 is 27.6. The summed E-state index contributed by atoms with van der Waals surface area (Å²) in [5.41, 5.74) is 6.86. The van der Waals surface area contributed by atoms with Gasteiger partial charge in [0.15, 0.2) is 0 Å². The van der Waals surface area contributed by atoms with Crippen molar-refractivity contribution in [3.8, 4) is 0 Å². The number of nitrogens with two attached hydrogens (primary N) is 1. The molecular weight excluding hydrogens is 424 g/mol. The number of nitrogens with zero attached hydrogens (tertiary/aromatic N) is 3. The van der Waals surface area contributed by atoms with Gasteiger partial charge in [0.05, 0.1) is 22.1 Å². The van der Waals surface area contributed by atoms with Gasteiger partial charge in [-0.15, -0.1) is 11.3 Å². The predicted octanol–water partition coefficient (Wildman–Crippen LogP) is 4.31. The smallest absolute Gasteiger partial charge is 0.280 e. The average Bonchev–Trinajstić information content (AvgIpc) is 3.14. The molecule has 0 unspecified atom stereocenters. The van der Waals surface area contributed by atoms with E-state index in [1.807, 2.05) is 0 Å². The minimum atomic E-state index is -2.76. The summed E-state index contributed by atoms with van der Waals surface area (Å²) in [4.78, 5) is 29.0. The van der Waals surface area contributed by atoms with Crippen LogP contribution in [0.4, 0.5) is 14.5 Å². The first-order valence-electron chi connectivity index (χ1n) is 8.57. The Balaban J connectivity index is 2.06. The highest BCUT2D eigenvalue weighted by Gasteiger charge is 2.26. The van der Waals surface area contributed by atoms with Gasteiger partial charge in [0, 0.05) is 5.39 Å². The Bertz CT molecular complexity index is 1140. The van der Waals surface area contributed by atoms with Gasteiger partial charge >= 0.3 is 0 Å². The second-order valence-electron chi connectivity index (χ2n) is 6.61. The fraction of sp³-hybridized carbons (Fsp3) is 0.333. The van der Waals surface area contributed by atoms with Crippen LogP contribution in [0.3, 0.4) is 0 Å². The molecule has 0 spiro atoms. The van der Waals surface area contributed by atoms with Crippen LogP contribution in [-0.2, 0) is 4.79 Å². The Labute approximate surface area is 173 Å². The quantitative estimate of drug-likeness (QED) is 0.615. The van der Waals surface area contributed by atoms with Gasteiger partial charge < -0.3 is 11.1 Å². The van der Waals surface area contributed by atoms with Crippen LogP contribution < -0.4 is 11.1 Å². The monoisotopic (exact) mass is 441 g/mol. The van der Waals surface area contributed by atoms with Crippen molar-refractivity contribution in [2.24, 2.45) is 5.73 Å². The molecule has 0 bridgehead atoms. The number of amides is 2. The molecule has 0 aliphatic heterocycles. The molecule has 11 heteroatoms. The fourth-order valence-electron chi connectivity index (χ4n) is 3.07. The highest BCUT2D eigenvalue weighted by molar-refractivity contribution is 7.21. The van der Waals surface area contributed by atoms with Crippen LogP contribution in [-0.4, -0.2) is 26.6 Å². The summed E-state index contributed by atoms with van der Waals surface area (Å²) in [6.45, 7) is 6.70. The molecule has 7 nitrogen and oxygen atoms in total. The average molecular weight is 442 g/mol. The molecule has 3 aromatic rings. The molecular formula is C18H18ClF2N5O2S. The number of nitrogens with one attached hydrogen (secondary N) is 1. The van der Waals surface area contributed by atoms with E-state index >= 15 is 0 Å². The molecule has 3 heterocycles. The molecule has 0 saturated carbocycles. The maximum atomic E-state index is 13.1. The number of fused-ring (bicyclic) bond motifs is 1. The molecule has 29 heavy (non-hydrogen) atoms.